The highest BCUT2D eigenvalue weighted by Gasteiger charge is 2.17. The first-order valence-corrected chi connectivity index (χ1v) is 12.4. The molecule has 1 saturated heterocycles. The number of benzene rings is 2. The summed E-state index contributed by atoms with van der Waals surface area (Å²) < 4.78 is 26.0. The Labute approximate surface area is 186 Å². The first-order chi connectivity index (χ1) is 15.0. The van der Waals surface area contributed by atoms with Gasteiger partial charge < -0.3 is 10.2 Å². The SMILES string of the molecule is CCNC(=NCc1cccc(CS(=O)(=O)NC)c1)N1CCC(=Cc2ccccc2)CC1. The number of aliphatic imine (C=N–C) groups is 1. The highest BCUT2D eigenvalue weighted by atomic mass is 32.2. The van der Waals surface area contributed by atoms with E-state index in [4.69, 9.17) is 4.99 Å². The van der Waals surface area contributed by atoms with Gasteiger partial charge in [-0.2, -0.15) is 0 Å². The molecule has 7 heteroatoms. The molecule has 3 rings (SSSR count). The molecule has 0 aromatic heterocycles. The van der Waals surface area contributed by atoms with Crippen molar-refractivity contribution in [3.05, 3.63) is 76.9 Å². The molecule has 2 aromatic carbocycles. The maximum atomic E-state index is 11.8. The molecule has 166 valence electrons. The topological polar surface area (TPSA) is 73.8 Å². The molecular weight excluding hydrogens is 408 g/mol. The molecule has 0 aliphatic carbocycles. The van der Waals surface area contributed by atoms with E-state index in [-0.39, 0.29) is 5.75 Å². The van der Waals surface area contributed by atoms with Crippen LogP contribution in [0.5, 0.6) is 0 Å². The van der Waals surface area contributed by atoms with Crippen LogP contribution in [0.4, 0.5) is 0 Å². The molecule has 1 aliphatic heterocycles. The largest absolute Gasteiger partial charge is 0.357 e. The molecule has 0 amide bonds. The van der Waals surface area contributed by atoms with Gasteiger partial charge in [0.25, 0.3) is 0 Å². The third kappa shape index (κ3) is 7.22. The van der Waals surface area contributed by atoms with E-state index in [0.717, 1.165) is 49.6 Å². The highest BCUT2D eigenvalue weighted by Crippen LogP contribution is 2.20. The molecule has 2 aromatic rings. The van der Waals surface area contributed by atoms with Gasteiger partial charge >= 0.3 is 0 Å². The Bertz CT molecular complexity index is 1010. The summed E-state index contributed by atoms with van der Waals surface area (Å²) in [5.74, 6) is 0.888. The number of nitrogens with one attached hydrogen (secondary N) is 2. The van der Waals surface area contributed by atoms with Gasteiger partial charge in [0.2, 0.25) is 10.0 Å². The third-order valence-electron chi connectivity index (χ3n) is 5.28. The molecule has 0 radical (unpaired) electrons. The quantitative estimate of drug-likeness (QED) is 0.511. The second-order valence-electron chi connectivity index (χ2n) is 7.65. The van der Waals surface area contributed by atoms with Crippen molar-refractivity contribution < 1.29 is 8.42 Å². The number of hydrogen-bond acceptors (Lipinski definition) is 3. The van der Waals surface area contributed by atoms with Crippen molar-refractivity contribution in [2.24, 2.45) is 4.99 Å². The molecule has 0 saturated carbocycles. The Hall–Kier alpha value is -2.64. The Morgan fingerprint density at radius 3 is 2.45 bits per heavy atom. The second kappa shape index (κ2) is 11.1. The van der Waals surface area contributed by atoms with E-state index in [9.17, 15) is 8.42 Å². The number of likely N-dealkylation sites (tertiary alicyclic amines) is 1. The van der Waals surface area contributed by atoms with Gasteiger partial charge in [0.15, 0.2) is 5.96 Å². The highest BCUT2D eigenvalue weighted by molar-refractivity contribution is 7.88. The van der Waals surface area contributed by atoms with Gasteiger partial charge in [-0.1, -0.05) is 66.2 Å². The van der Waals surface area contributed by atoms with Crippen LogP contribution in [0.25, 0.3) is 6.08 Å². The maximum absolute atomic E-state index is 11.8. The monoisotopic (exact) mass is 440 g/mol. The van der Waals surface area contributed by atoms with Crippen molar-refractivity contribution in [3.63, 3.8) is 0 Å². The summed E-state index contributed by atoms with van der Waals surface area (Å²) in [5.41, 5.74) is 4.49. The Kier molecular flexibility index (Phi) is 8.26. The van der Waals surface area contributed by atoms with Crippen molar-refractivity contribution in [3.8, 4) is 0 Å². The maximum Gasteiger partial charge on any atom is 0.215 e. The minimum atomic E-state index is -3.29. The van der Waals surface area contributed by atoms with E-state index in [1.54, 1.807) is 0 Å². The molecule has 0 bridgehead atoms. The standard InChI is InChI=1S/C24H32N4O2S/c1-3-26-24(27-18-22-10-7-11-23(17-22)19-31(29,30)25-2)28-14-12-21(13-15-28)16-20-8-5-4-6-9-20/h4-11,16-17,25H,3,12-15,18-19H2,1-2H3,(H,26,27). The fourth-order valence-electron chi connectivity index (χ4n) is 3.64. The van der Waals surface area contributed by atoms with Crippen LogP contribution in [0.2, 0.25) is 0 Å². The molecular formula is C24H32N4O2S. The lowest BCUT2D eigenvalue weighted by Crippen LogP contribution is -2.44. The van der Waals surface area contributed by atoms with Crippen LogP contribution in [-0.4, -0.2) is 46.0 Å². The summed E-state index contributed by atoms with van der Waals surface area (Å²) in [6.45, 7) is 5.26. The van der Waals surface area contributed by atoms with Crippen LogP contribution in [0.1, 0.15) is 36.5 Å². The third-order valence-corrected chi connectivity index (χ3v) is 6.62. The minimum Gasteiger partial charge on any atom is -0.357 e. The van der Waals surface area contributed by atoms with E-state index in [1.165, 1.54) is 18.2 Å². The summed E-state index contributed by atoms with van der Waals surface area (Å²) in [5, 5.41) is 3.40. The van der Waals surface area contributed by atoms with Crippen molar-refractivity contribution in [2.45, 2.75) is 32.1 Å². The average molecular weight is 441 g/mol. The van der Waals surface area contributed by atoms with Crippen molar-refractivity contribution in [2.75, 3.05) is 26.7 Å². The normalized spacial score (nSPS) is 15.1. The van der Waals surface area contributed by atoms with Crippen LogP contribution >= 0.6 is 0 Å². The molecule has 31 heavy (non-hydrogen) atoms. The molecule has 1 heterocycles. The van der Waals surface area contributed by atoms with Crippen LogP contribution < -0.4 is 10.0 Å². The van der Waals surface area contributed by atoms with E-state index < -0.39 is 10.0 Å². The zero-order valence-corrected chi connectivity index (χ0v) is 19.2. The number of sulfonamides is 1. The van der Waals surface area contributed by atoms with Gasteiger partial charge in [0, 0.05) is 19.6 Å². The van der Waals surface area contributed by atoms with Gasteiger partial charge in [-0.25, -0.2) is 18.1 Å². The average Bonchev–Trinajstić information content (AvgIpc) is 2.78. The lowest BCUT2D eigenvalue weighted by Gasteiger charge is -2.31. The minimum absolute atomic E-state index is 0.0240. The first kappa shape index (κ1) is 23.0. The molecule has 0 atom stereocenters. The summed E-state index contributed by atoms with van der Waals surface area (Å²) in [6, 6.07) is 18.1. The van der Waals surface area contributed by atoms with Gasteiger partial charge in [-0.3, -0.25) is 0 Å². The summed E-state index contributed by atoms with van der Waals surface area (Å²) >= 11 is 0. The van der Waals surface area contributed by atoms with E-state index in [1.807, 2.05) is 30.3 Å². The number of guanidine groups is 1. The lowest BCUT2D eigenvalue weighted by molar-refractivity contribution is 0.375. The van der Waals surface area contributed by atoms with Gasteiger partial charge in [0.1, 0.15) is 0 Å². The van der Waals surface area contributed by atoms with Gasteiger partial charge in [0.05, 0.1) is 12.3 Å². The van der Waals surface area contributed by atoms with E-state index >= 15 is 0 Å². The summed E-state index contributed by atoms with van der Waals surface area (Å²) in [7, 11) is -1.85. The Balaban J connectivity index is 1.64. The summed E-state index contributed by atoms with van der Waals surface area (Å²) in [6.07, 6.45) is 4.35. The molecule has 1 aliphatic rings. The number of hydrogen-bond donors (Lipinski definition) is 2. The molecule has 0 spiro atoms. The Morgan fingerprint density at radius 2 is 1.77 bits per heavy atom. The lowest BCUT2D eigenvalue weighted by atomic mass is 10.0. The molecule has 0 unspecified atom stereocenters. The van der Waals surface area contributed by atoms with Crippen LogP contribution in [0.3, 0.4) is 0 Å². The smallest absolute Gasteiger partial charge is 0.215 e. The fourth-order valence-corrected chi connectivity index (χ4v) is 4.40. The van der Waals surface area contributed by atoms with E-state index in [2.05, 4.69) is 52.2 Å². The van der Waals surface area contributed by atoms with Crippen LogP contribution in [0, 0.1) is 0 Å². The number of piperidine rings is 1. The van der Waals surface area contributed by atoms with Crippen molar-refractivity contribution in [1.29, 1.82) is 0 Å². The van der Waals surface area contributed by atoms with E-state index in [0.29, 0.717) is 6.54 Å². The molecule has 6 nitrogen and oxygen atoms in total. The number of nitrogens with zero attached hydrogens (tertiary/aromatic N) is 2. The van der Waals surface area contributed by atoms with Crippen molar-refractivity contribution in [1.82, 2.24) is 14.9 Å². The predicted octanol–water partition coefficient (Wildman–Crippen LogP) is 3.38. The van der Waals surface area contributed by atoms with Gasteiger partial charge in [-0.15, -0.1) is 0 Å². The first-order valence-electron chi connectivity index (χ1n) is 10.8. The fraction of sp³-hybridized carbons (Fsp3) is 0.375. The second-order valence-corrected chi connectivity index (χ2v) is 9.58. The van der Waals surface area contributed by atoms with Gasteiger partial charge in [-0.05, 0) is 43.5 Å². The van der Waals surface area contributed by atoms with Crippen LogP contribution in [0.15, 0.2) is 65.2 Å². The summed E-state index contributed by atoms with van der Waals surface area (Å²) in [4.78, 5) is 7.13. The number of rotatable bonds is 7. The molecule has 1 fully saturated rings. The van der Waals surface area contributed by atoms with Crippen LogP contribution in [-0.2, 0) is 22.3 Å². The zero-order valence-electron chi connectivity index (χ0n) is 18.3. The zero-order chi connectivity index (χ0) is 22.1. The predicted molar refractivity (Wildman–Crippen MR) is 128 cm³/mol. The molecule has 2 N–H and O–H groups in total. The Morgan fingerprint density at radius 1 is 1.06 bits per heavy atom. The van der Waals surface area contributed by atoms with Crippen molar-refractivity contribution >= 4 is 22.1 Å².